The van der Waals surface area contributed by atoms with Crippen LogP contribution in [0.3, 0.4) is 0 Å². The summed E-state index contributed by atoms with van der Waals surface area (Å²) in [5.41, 5.74) is -0.367. The number of nitrogens with zero attached hydrogens (tertiary/aromatic N) is 1. The summed E-state index contributed by atoms with van der Waals surface area (Å²) in [5.74, 6) is -5.58. The summed E-state index contributed by atoms with van der Waals surface area (Å²) in [6, 6.07) is 0.800. The lowest BCUT2D eigenvalue weighted by molar-refractivity contribution is -0.148. The third-order valence-electron chi connectivity index (χ3n) is 3.02. The molecule has 116 valence electrons. The number of anilines is 1. The van der Waals surface area contributed by atoms with Crippen molar-refractivity contribution < 1.29 is 27.5 Å². The van der Waals surface area contributed by atoms with E-state index < -0.39 is 35.9 Å². The zero-order valence-electron chi connectivity index (χ0n) is 11.0. The maximum absolute atomic E-state index is 13.5. The number of nitrogens with one attached hydrogen (secondary N) is 1. The normalized spacial score (nSPS) is 14.1. The zero-order valence-corrected chi connectivity index (χ0v) is 11.8. The van der Waals surface area contributed by atoms with Crippen molar-refractivity contribution in [1.29, 1.82) is 0 Å². The zero-order chi connectivity index (χ0) is 15.9. The minimum atomic E-state index is -1.62. The monoisotopic (exact) mass is 330 g/mol. The first-order valence-electron chi connectivity index (χ1n) is 6.36. The summed E-state index contributed by atoms with van der Waals surface area (Å²) in [6.45, 7) is -0.490. The van der Waals surface area contributed by atoms with Crippen LogP contribution in [0.25, 0.3) is 10.2 Å². The average molecular weight is 330 g/mol. The molecule has 1 N–H and O–H groups in total. The predicted molar refractivity (Wildman–Crippen MR) is 71.8 cm³/mol. The van der Waals surface area contributed by atoms with Gasteiger partial charge in [0.15, 0.2) is 29.2 Å². The second kappa shape index (κ2) is 5.56. The number of esters is 1. The molecule has 1 fully saturated rings. The van der Waals surface area contributed by atoms with Crippen LogP contribution in [0.5, 0.6) is 0 Å². The van der Waals surface area contributed by atoms with Gasteiger partial charge < -0.3 is 4.74 Å². The number of carbonyl (C=O) groups is 2. The van der Waals surface area contributed by atoms with Gasteiger partial charge >= 0.3 is 5.97 Å². The molecular weight excluding hydrogens is 321 g/mol. The molecule has 1 aliphatic rings. The molecule has 0 saturated heterocycles. The topological polar surface area (TPSA) is 68.3 Å². The maximum Gasteiger partial charge on any atom is 0.309 e. The number of amides is 1. The van der Waals surface area contributed by atoms with Gasteiger partial charge in [-0.15, -0.1) is 0 Å². The quantitative estimate of drug-likeness (QED) is 0.691. The number of thiazole rings is 1. The van der Waals surface area contributed by atoms with Crippen molar-refractivity contribution in [2.45, 2.75) is 12.8 Å². The summed E-state index contributed by atoms with van der Waals surface area (Å²) < 4.78 is 44.5. The number of benzene rings is 1. The summed E-state index contributed by atoms with van der Waals surface area (Å²) in [4.78, 5) is 26.6. The fraction of sp³-hybridized carbons (Fsp3) is 0.308. The van der Waals surface area contributed by atoms with Gasteiger partial charge in [0.05, 0.1) is 10.6 Å². The first-order chi connectivity index (χ1) is 10.5. The number of hydrogen-bond donors (Lipinski definition) is 1. The Labute approximate surface area is 126 Å². The molecule has 0 bridgehead atoms. The number of rotatable bonds is 4. The van der Waals surface area contributed by atoms with Gasteiger partial charge in [0.1, 0.15) is 5.52 Å². The Morgan fingerprint density at radius 1 is 1.32 bits per heavy atom. The molecule has 3 rings (SSSR count). The van der Waals surface area contributed by atoms with Gasteiger partial charge in [-0.25, -0.2) is 18.2 Å². The van der Waals surface area contributed by atoms with E-state index in [9.17, 15) is 22.8 Å². The van der Waals surface area contributed by atoms with Gasteiger partial charge in [0.25, 0.3) is 5.91 Å². The number of halogens is 3. The number of aromatic nitrogens is 1. The molecule has 1 saturated carbocycles. The molecule has 0 atom stereocenters. The van der Waals surface area contributed by atoms with Crippen LogP contribution >= 0.6 is 11.3 Å². The van der Waals surface area contributed by atoms with Crippen molar-refractivity contribution in [3.05, 3.63) is 23.5 Å². The molecule has 1 heterocycles. The van der Waals surface area contributed by atoms with Crippen molar-refractivity contribution in [3.63, 3.8) is 0 Å². The highest BCUT2D eigenvalue weighted by molar-refractivity contribution is 7.22. The molecule has 1 aliphatic carbocycles. The van der Waals surface area contributed by atoms with Crippen molar-refractivity contribution in [3.8, 4) is 0 Å². The molecule has 0 aliphatic heterocycles. The highest BCUT2D eigenvalue weighted by Gasteiger charge is 2.31. The van der Waals surface area contributed by atoms with E-state index in [-0.39, 0.29) is 21.3 Å². The first-order valence-corrected chi connectivity index (χ1v) is 7.18. The smallest absolute Gasteiger partial charge is 0.309 e. The summed E-state index contributed by atoms with van der Waals surface area (Å²) in [6.07, 6.45) is 1.52. The Bertz CT molecular complexity index is 773. The van der Waals surface area contributed by atoms with Crippen molar-refractivity contribution >= 4 is 38.6 Å². The molecule has 1 aromatic carbocycles. The highest BCUT2D eigenvalue weighted by Crippen LogP contribution is 2.31. The van der Waals surface area contributed by atoms with Crippen LogP contribution in [-0.2, 0) is 14.3 Å². The molecule has 2 aromatic rings. The van der Waals surface area contributed by atoms with E-state index in [1.807, 2.05) is 0 Å². The molecule has 0 radical (unpaired) electrons. The lowest BCUT2D eigenvalue weighted by Crippen LogP contribution is -2.21. The Balaban J connectivity index is 1.69. The number of fused-ring (bicyclic) bond motifs is 1. The highest BCUT2D eigenvalue weighted by atomic mass is 32.1. The second-order valence-electron chi connectivity index (χ2n) is 4.78. The molecule has 5 nitrogen and oxygen atoms in total. The summed E-state index contributed by atoms with van der Waals surface area (Å²) in [7, 11) is 0. The third-order valence-corrected chi connectivity index (χ3v) is 3.94. The lowest BCUT2D eigenvalue weighted by atomic mass is 10.3. The van der Waals surface area contributed by atoms with E-state index in [0.717, 1.165) is 30.2 Å². The minimum absolute atomic E-state index is 0.0358. The van der Waals surface area contributed by atoms with E-state index >= 15 is 0 Å². The van der Waals surface area contributed by atoms with Gasteiger partial charge in [0.2, 0.25) is 0 Å². The van der Waals surface area contributed by atoms with Crippen LogP contribution in [0, 0.1) is 23.4 Å². The Kier molecular flexibility index (Phi) is 3.73. The van der Waals surface area contributed by atoms with Crippen LogP contribution in [0.4, 0.5) is 18.3 Å². The predicted octanol–water partition coefficient (Wildman–Crippen LogP) is 2.61. The van der Waals surface area contributed by atoms with Crippen LogP contribution in [0.1, 0.15) is 12.8 Å². The summed E-state index contributed by atoms with van der Waals surface area (Å²) in [5, 5.41) is 2.26. The van der Waals surface area contributed by atoms with E-state index in [2.05, 4.69) is 10.3 Å². The number of hydrogen-bond acceptors (Lipinski definition) is 5. The fourth-order valence-corrected chi connectivity index (χ4v) is 2.66. The first kappa shape index (κ1) is 14.8. The second-order valence-corrected chi connectivity index (χ2v) is 5.81. The number of ether oxygens (including phenoxy) is 1. The molecule has 0 spiro atoms. The molecule has 0 unspecified atom stereocenters. The van der Waals surface area contributed by atoms with Crippen molar-refractivity contribution in [2.75, 3.05) is 11.9 Å². The van der Waals surface area contributed by atoms with E-state index in [1.54, 1.807) is 0 Å². The van der Waals surface area contributed by atoms with Crippen LogP contribution in [0.2, 0.25) is 0 Å². The Hall–Kier alpha value is -2.16. The molecule has 9 heteroatoms. The fourth-order valence-electron chi connectivity index (χ4n) is 1.76. The van der Waals surface area contributed by atoms with Crippen LogP contribution < -0.4 is 5.32 Å². The molecule has 1 aromatic heterocycles. The third kappa shape index (κ3) is 2.89. The molecule has 22 heavy (non-hydrogen) atoms. The van der Waals surface area contributed by atoms with Gasteiger partial charge in [-0.3, -0.25) is 14.9 Å². The van der Waals surface area contributed by atoms with Crippen molar-refractivity contribution in [1.82, 2.24) is 4.98 Å². The minimum Gasteiger partial charge on any atom is -0.455 e. The van der Waals surface area contributed by atoms with Crippen LogP contribution in [0.15, 0.2) is 6.07 Å². The molecule has 1 amide bonds. The van der Waals surface area contributed by atoms with E-state index in [1.165, 1.54) is 0 Å². The number of carbonyl (C=O) groups excluding carboxylic acids is 2. The van der Waals surface area contributed by atoms with Crippen molar-refractivity contribution in [2.24, 2.45) is 5.92 Å². The molecular formula is C13H9F3N2O3S. The largest absolute Gasteiger partial charge is 0.455 e. The average Bonchev–Trinajstić information content (AvgIpc) is 3.25. The van der Waals surface area contributed by atoms with E-state index in [0.29, 0.717) is 0 Å². The Morgan fingerprint density at radius 3 is 2.73 bits per heavy atom. The SMILES string of the molecule is O=C(COC(=O)C1CC1)Nc1nc2c(F)c(F)c(F)cc2s1. The maximum atomic E-state index is 13.5. The van der Waals surface area contributed by atoms with Gasteiger partial charge in [-0.1, -0.05) is 11.3 Å². The Morgan fingerprint density at radius 2 is 2.05 bits per heavy atom. The van der Waals surface area contributed by atoms with Crippen LogP contribution in [-0.4, -0.2) is 23.5 Å². The van der Waals surface area contributed by atoms with Gasteiger partial charge in [-0.2, -0.15) is 0 Å². The van der Waals surface area contributed by atoms with E-state index in [4.69, 9.17) is 4.74 Å². The van der Waals surface area contributed by atoms with Gasteiger partial charge in [-0.05, 0) is 18.9 Å². The standard InChI is InChI=1S/C13H9F3N2O3S/c14-6-3-7-11(10(16)9(6)15)18-13(22-7)17-8(19)4-21-12(20)5-1-2-5/h3,5H,1-2,4H2,(H,17,18,19). The van der Waals surface area contributed by atoms with Gasteiger partial charge in [0, 0.05) is 0 Å². The lowest BCUT2D eigenvalue weighted by Gasteiger charge is -2.03. The summed E-state index contributed by atoms with van der Waals surface area (Å²) >= 11 is 0.785.